The first-order chi connectivity index (χ1) is 50.0. The zero-order chi connectivity index (χ0) is 83.2. The summed E-state index contributed by atoms with van der Waals surface area (Å²) in [6.45, 7) is 15.3. The summed E-state index contributed by atoms with van der Waals surface area (Å²) in [4.78, 5) is 97.5. The molecule has 24 atom stereocenters. The van der Waals surface area contributed by atoms with Crippen molar-refractivity contribution in [2.24, 2.45) is 0 Å². The van der Waals surface area contributed by atoms with Gasteiger partial charge in [0.15, 0.2) is 0 Å². The van der Waals surface area contributed by atoms with E-state index in [9.17, 15) is 142 Å². The topological polar surface area (TPSA) is 607 Å². The molecule has 42 nitrogen and oxygen atoms in total. The van der Waals surface area contributed by atoms with Gasteiger partial charge in [-0.15, -0.1) is 0 Å². The zero-order valence-electron chi connectivity index (χ0n) is 65.2. The molecule has 0 rings (SSSR count). The first-order valence-electron chi connectivity index (χ1n) is 37.7. The summed E-state index contributed by atoms with van der Waals surface area (Å²) in [6, 6.07) is -12.0. The molecular weight excluding hydrogens is 1440 g/mol. The van der Waals surface area contributed by atoms with Crippen LogP contribution in [0.25, 0.3) is 0 Å². The molecule has 12 N–H and O–H groups in total. The molecular formula is C66H132N14O28. The van der Waals surface area contributed by atoms with Gasteiger partial charge < -0.3 is 61.3 Å². The van der Waals surface area contributed by atoms with Crippen LogP contribution in [0.2, 0.25) is 0 Å². The van der Waals surface area contributed by atoms with Crippen LogP contribution in [0.5, 0.6) is 0 Å². The smallest absolute Gasteiger partial charge is 0.212 e. The van der Waals surface area contributed by atoms with Gasteiger partial charge in [0.2, 0.25) is 48.3 Å². The Morgan fingerprint density at radius 3 is 0.444 bits per heavy atom. The second-order valence-electron chi connectivity index (χ2n) is 30.9. The Kier molecular flexibility index (Phi) is 50.7. The van der Waals surface area contributed by atoms with Crippen molar-refractivity contribution in [2.45, 2.75) is 332 Å². The number of unbranched alkanes of at least 4 members (excludes halogenated alkanes) is 3. The summed E-state index contributed by atoms with van der Waals surface area (Å²) in [5.41, 5.74) is 0. The molecule has 0 amide bonds. The average molecular weight is 1570 g/mol. The number of aliphatic hydroxyl groups is 12. The largest absolute Gasteiger partial charge is 0.392 e. The maximum absolute atomic E-state index is 11.9. The fraction of sp³-hybridized carbons (Fsp3) is 1.00. The van der Waals surface area contributed by atoms with E-state index >= 15 is 0 Å². The van der Waals surface area contributed by atoms with Crippen molar-refractivity contribution in [3.63, 3.8) is 0 Å². The van der Waals surface area contributed by atoms with Crippen molar-refractivity contribution in [3.8, 4) is 0 Å². The van der Waals surface area contributed by atoms with Gasteiger partial charge in [-0.1, -0.05) is 12.8 Å². The molecule has 108 heavy (non-hydrogen) atoms. The number of aliphatic hydroxyl groups excluding tert-OH is 12. The Labute approximate surface area is 632 Å². The monoisotopic (exact) mass is 1570 g/mol. The van der Waals surface area contributed by atoms with Crippen LogP contribution in [-0.2, 0) is 0 Å². The lowest BCUT2D eigenvalue weighted by atomic mass is 10.0. The van der Waals surface area contributed by atoms with E-state index in [1.165, 1.54) is 55.4 Å². The van der Waals surface area contributed by atoms with E-state index in [1.807, 2.05) is 0 Å². The standard InChI is InChI=1S/C66H132N14O28/c1-43(69(35-59(85)23-47(5)73(93)94)36-60(86)24-48(6)74(95)96)19-55(81)31-67(32-56(82)20-44(2)70(37-61(87)25-49(7)75(97)98)38-62(88)26-50(8)76(99)100)17-15-13-14-16-18-68(33-57(83)21-45(3)71(39-63(89)27-51(9)77(101)102)40-64(90)28-52(10)78(103)104)34-58(84)22-46(4)72(41-65(91)29-53(11)79(105)106)42-66(92)30-54(12)80(107)108/h43-66,81-92H,13-42H2,1-12H3. The highest BCUT2D eigenvalue weighted by Gasteiger charge is 2.35. The zero-order valence-corrected chi connectivity index (χ0v) is 65.2. The van der Waals surface area contributed by atoms with Crippen LogP contribution < -0.4 is 0 Å². The molecule has 0 aromatic carbocycles. The Bertz CT molecular complexity index is 2150. The predicted molar refractivity (Wildman–Crippen MR) is 395 cm³/mol. The van der Waals surface area contributed by atoms with Crippen molar-refractivity contribution < 1.29 is 101 Å². The molecule has 24 unspecified atom stereocenters. The molecule has 0 radical (unpaired) electrons. The summed E-state index contributed by atoms with van der Waals surface area (Å²) in [5, 5.41) is 228. The second kappa shape index (κ2) is 53.4. The van der Waals surface area contributed by atoms with E-state index in [2.05, 4.69) is 0 Å². The lowest BCUT2D eigenvalue weighted by Gasteiger charge is -2.36. The van der Waals surface area contributed by atoms with Crippen LogP contribution in [0.1, 0.15) is 186 Å². The molecule has 0 aromatic rings. The summed E-state index contributed by atoms with van der Waals surface area (Å²) in [7, 11) is 0. The number of nitro groups is 8. The van der Waals surface area contributed by atoms with Gasteiger partial charge in [0.05, 0.1) is 73.2 Å². The second-order valence-corrected chi connectivity index (χ2v) is 30.9. The van der Waals surface area contributed by atoms with Gasteiger partial charge in [-0.2, -0.15) is 0 Å². The van der Waals surface area contributed by atoms with Crippen LogP contribution in [0.15, 0.2) is 0 Å². The number of hydrogen-bond acceptors (Lipinski definition) is 34. The number of hydrogen-bond donors (Lipinski definition) is 12. The van der Waals surface area contributed by atoms with Crippen molar-refractivity contribution in [1.82, 2.24) is 29.4 Å². The molecule has 0 aromatic heterocycles. The predicted octanol–water partition coefficient (Wildman–Crippen LogP) is 0.246. The molecule has 0 aliphatic rings. The summed E-state index contributed by atoms with van der Waals surface area (Å²) < 4.78 is 0. The van der Waals surface area contributed by atoms with E-state index in [0.29, 0.717) is 25.7 Å². The first kappa shape index (κ1) is 102. The van der Waals surface area contributed by atoms with E-state index in [1.54, 1.807) is 57.1 Å². The lowest BCUT2D eigenvalue weighted by Crippen LogP contribution is -2.48. The third kappa shape index (κ3) is 45.7. The third-order valence-electron chi connectivity index (χ3n) is 19.9. The molecule has 0 saturated carbocycles. The highest BCUT2D eigenvalue weighted by Crippen LogP contribution is 2.22. The normalized spacial score (nSPS) is 19.1. The van der Waals surface area contributed by atoms with Gasteiger partial charge >= 0.3 is 0 Å². The van der Waals surface area contributed by atoms with E-state index in [0.717, 1.165) is 0 Å². The number of rotatable bonds is 67. The van der Waals surface area contributed by atoms with Crippen molar-refractivity contribution >= 4 is 0 Å². The summed E-state index contributed by atoms with van der Waals surface area (Å²) in [5.74, 6) is 0. The first-order valence-corrected chi connectivity index (χ1v) is 37.7. The SMILES string of the molecule is CC(CC(O)CN(CCCCCCN(CC(O)CC(C)N(CC(O)CC(C)[N+](=O)[O-])CC(O)CC(C)[N+](=O)[O-])CC(O)CC(C)N(CC(O)CC(C)[N+](=O)[O-])CC(O)CC(C)[N+](=O)[O-])CC(O)CC(C)N(CC(O)CC(C)[N+](=O)[O-])CC(O)CC(C)[N+](=O)[O-])N(CC(O)CC(C)[N+](=O)[O-])CC(O)CC(C)[N+](=O)[O-]. The van der Waals surface area contributed by atoms with Gasteiger partial charge in [-0.05, 0) is 79.3 Å². The molecule has 0 saturated heterocycles. The van der Waals surface area contributed by atoms with Gasteiger partial charge in [0.1, 0.15) is 0 Å². The van der Waals surface area contributed by atoms with Crippen LogP contribution in [0.3, 0.4) is 0 Å². The lowest BCUT2D eigenvalue weighted by molar-refractivity contribution is -0.521. The van der Waals surface area contributed by atoms with Gasteiger partial charge in [0, 0.05) is 249 Å². The van der Waals surface area contributed by atoms with Crippen LogP contribution in [0, 0.1) is 80.9 Å². The van der Waals surface area contributed by atoms with E-state index < -0.39 is 185 Å². The average Bonchev–Trinajstić information content (AvgIpc) is 0.888. The summed E-state index contributed by atoms with van der Waals surface area (Å²) in [6.07, 6.45) is -15.9. The minimum atomic E-state index is -1.30. The fourth-order valence-electron chi connectivity index (χ4n) is 13.5. The highest BCUT2D eigenvalue weighted by molar-refractivity contribution is 4.86. The van der Waals surface area contributed by atoms with Gasteiger partial charge in [-0.3, -0.25) is 110 Å². The van der Waals surface area contributed by atoms with Crippen molar-refractivity contribution in [3.05, 3.63) is 80.9 Å². The van der Waals surface area contributed by atoms with E-state index in [-0.39, 0.29) is 169 Å². The third-order valence-corrected chi connectivity index (χ3v) is 19.9. The van der Waals surface area contributed by atoms with Crippen molar-refractivity contribution in [2.75, 3.05) is 91.6 Å². The molecule has 0 fully saturated rings. The van der Waals surface area contributed by atoms with Crippen LogP contribution in [0.4, 0.5) is 0 Å². The molecule has 42 heteroatoms. The molecule has 0 aliphatic heterocycles. The molecule has 634 valence electrons. The quantitative estimate of drug-likeness (QED) is 0.0220. The molecule has 0 bridgehead atoms. The Morgan fingerprint density at radius 1 is 0.204 bits per heavy atom. The molecule has 0 spiro atoms. The van der Waals surface area contributed by atoms with Crippen LogP contribution >= 0.6 is 0 Å². The Balaban J connectivity index is 7.49. The molecule has 0 heterocycles. The fourth-order valence-corrected chi connectivity index (χ4v) is 13.5. The molecule has 0 aliphatic carbocycles. The number of nitrogens with zero attached hydrogens (tertiary/aromatic N) is 14. The van der Waals surface area contributed by atoms with E-state index in [4.69, 9.17) is 0 Å². The van der Waals surface area contributed by atoms with Gasteiger partial charge in [0.25, 0.3) is 0 Å². The minimum absolute atomic E-state index is 0.0550. The Hall–Kier alpha value is -5.52. The summed E-state index contributed by atoms with van der Waals surface area (Å²) >= 11 is 0. The van der Waals surface area contributed by atoms with Gasteiger partial charge in [-0.25, -0.2) is 0 Å². The minimum Gasteiger partial charge on any atom is -0.392 e. The Morgan fingerprint density at radius 2 is 0.324 bits per heavy atom. The maximum atomic E-state index is 11.9. The highest BCUT2D eigenvalue weighted by atomic mass is 16.7. The maximum Gasteiger partial charge on any atom is 0.212 e. The van der Waals surface area contributed by atoms with Crippen LogP contribution in [-0.4, -0.2) is 367 Å². The van der Waals surface area contributed by atoms with Crippen molar-refractivity contribution in [1.29, 1.82) is 0 Å².